The van der Waals surface area contributed by atoms with Crippen LogP contribution in [0, 0.1) is 0 Å². The summed E-state index contributed by atoms with van der Waals surface area (Å²) < 4.78 is 5.55. The normalized spacial score (nSPS) is 18.2. The van der Waals surface area contributed by atoms with Crippen molar-refractivity contribution in [1.82, 2.24) is 0 Å². The molecule has 0 aliphatic carbocycles. The molecule has 1 aliphatic rings. The highest BCUT2D eigenvalue weighted by Crippen LogP contribution is 2.26. The standard InChI is InChI=1S/C14H14O3/c1-14(2)9-11(15)8-12(17-14)13(16)10-6-4-3-5-7-10/h3-8H,9H2,1-2H3. The van der Waals surface area contributed by atoms with E-state index in [0.717, 1.165) is 0 Å². The van der Waals surface area contributed by atoms with Crippen molar-refractivity contribution in [2.45, 2.75) is 25.9 Å². The molecule has 2 rings (SSSR count). The number of ether oxygens (including phenoxy) is 1. The lowest BCUT2D eigenvalue weighted by atomic mass is 9.96. The van der Waals surface area contributed by atoms with Crippen LogP contribution in [-0.2, 0) is 9.53 Å². The van der Waals surface area contributed by atoms with Gasteiger partial charge in [0.1, 0.15) is 5.60 Å². The smallest absolute Gasteiger partial charge is 0.227 e. The van der Waals surface area contributed by atoms with Crippen LogP contribution in [0.3, 0.4) is 0 Å². The molecular formula is C14H14O3. The van der Waals surface area contributed by atoms with E-state index in [-0.39, 0.29) is 17.3 Å². The Bertz CT molecular complexity index is 483. The molecular weight excluding hydrogens is 216 g/mol. The molecule has 1 aliphatic heterocycles. The van der Waals surface area contributed by atoms with E-state index in [1.54, 1.807) is 38.1 Å². The second-order valence-corrected chi connectivity index (χ2v) is 4.71. The van der Waals surface area contributed by atoms with Gasteiger partial charge in [0.05, 0.1) is 0 Å². The quantitative estimate of drug-likeness (QED) is 0.733. The van der Waals surface area contributed by atoms with E-state index in [2.05, 4.69) is 0 Å². The first-order valence-corrected chi connectivity index (χ1v) is 5.51. The average molecular weight is 230 g/mol. The van der Waals surface area contributed by atoms with Crippen LogP contribution in [0.15, 0.2) is 42.2 Å². The van der Waals surface area contributed by atoms with Crippen LogP contribution in [0.1, 0.15) is 30.6 Å². The minimum absolute atomic E-state index is 0.0690. The van der Waals surface area contributed by atoms with Gasteiger partial charge in [-0.1, -0.05) is 30.3 Å². The fraction of sp³-hybridized carbons (Fsp3) is 0.286. The van der Waals surface area contributed by atoms with Crippen LogP contribution in [-0.4, -0.2) is 17.2 Å². The van der Waals surface area contributed by atoms with E-state index in [9.17, 15) is 9.59 Å². The Kier molecular flexibility index (Phi) is 2.84. The van der Waals surface area contributed by atoms with Gasteiger partial charge in [0.25, 0.3) is 0 Å². The molecule has 88 valence electrons. The molecule has 0 radical (unpaired) electrons. The lowest BCUT2D eigenvalue weighted by Gasteiger charge is -2.29. The molecule has 17 heavy (non-hydrogen) atoms. The monoisotopic (exact) mass is 230 g/mol. The van der Waals surface area contributed by atoms with E-state index in [4.69, 9.17) is 4.74 Å². The molecule has 0 aromatic heterocycles. The summed E-state index contributed by atoms with van der Waals surface area (Å²) in [5.41, 5.74) is -0.0738. The highest BCUT2D eigenvalue weighted by Gasteiger charge is 2.31. The maximum Gasteiger partial charge on any atom is 0.227 e. The van der Waals surface area contributed by atoms with Crippen molar-refractivity contribution in [3.05, 3.63) is 47.7 Å². The van der Waals surface area contributed by atoms with Crippen molar-refractivity contribution < 1.29 is 14.3 Å². The lowest BCUT2D eigenvalue weighted by molar-refractivity contribution is -0.121. The SMILES string of the molecule is CC1(C)CC(=O)C=C(C(=O)c2ccccc2)O1. The van der Waals surface area contributed by atoms with E-state index < -0.39 is 5.60 Å². The Hall–Kier alpha value is -1.90. The summed E-state index contributed by atoms with van der Waals surface area (Å²) in [6.45, 7) is 3.60. The molecule has 1 aromatic rings. The van der Waals surface area contributed by atoms with Gasteiger partial charge in [0.15, 0.2) is 11.5 Å². The van der Waals surface area contributed by atoms with Crippen LogP contribution >= 0.6 is 0 Å². The molecule has 0 saturated carbocycles. The number of ketones is 2. The minimum atomic E-state index is -0.606. The molecule has 3 heteroatoms. The molecule has 1 heterocycles. The summed E-state index contributed by atoms with van der Waals surface area (Å²) in [5.74, 6) is -0.176. The number of allylic oxidation sites excluding steroid dienone is 2. The molecule has 0 N–H and O–H groups in total. The Morgan fingerprint density at radius 1 is 1.24 bits per heavy atom. The van der Waals surface area contributed by atoms with Gasteiger partial charge in [-0.15, -0.1) is 0 Å². The first-order valence-electron chi connectivity index (χ1n) is 5.51. The largest absolute Gasteiger partial charge is 0.483 e. The molecule has 0 fully saturated rings. The minimum Gasteiger partial charge on any atom is -0.483 e. The predicted octanol–water partition coefficient (Wildman–Crippen LogP) is 2.52. The Morgan fingerprint density at radius 3 is 2.47 bits per heavy atom. The number of carbonyl (C=O) groups is 2. The Labute approximate surface area is 100 Å². The highest BCUT2D eigenvalue weighted by molar-refractivity contribution is 6.11. The fourth-order valence-electron chi connectivity index (χ4n) is 1.82. The van der Waals surface area contributed by atoms with E-state index >= 15 is 0 Å². The molecule has 0 atom stereocenters. The number of rotatable bonds is 2. The second-order valence-electron chi connectivity index (χ2n) is 4.71. The zero-order valence-corrected chi connectivity index (χ0v) is 9.90. The molecule has 0 bridgehead atoms. The highest BCUT2D eigenvalue weighted by atomic mass is 16.5. The summed E-state index contributed by atoms with van der Waals surface area (Å²) in [6, 6.07) is 8.81. The van der Waals surface area contributed by atoms with E-state index in [1.807, 2.05) is 6.07 Å². The summed E-state index contributed by atoms with van der Waals surface area (Å²) in [7, 11) is 0. The van der Waals surface area contributed by atoms with Gasteiger partial charge in [-0.05, 0) is 13.8 Å². The van der Waals surface area contributed by atoms with Crippen LogP contribution in [0.5, 0.6) is 0 Å². The molecule has 0 unspecified atom stereocenters. The topological polar surface area (TPSA) is 43.4 Å². The van der Waals surface area contributed by atoms with Crippen molar-refractivity contribution in [3.8, 4) is 0 Å². The first-order chi connectivity index (χ1) is 7.98. The van der Waals surface area contributed by atoms with Crippen molar-refractivity contribution >= 4 is 11.6 Å². The number of hydrogen-bond acceptors (Lipinski definition) is 3. The van der Waals surface area contributed by atoms with Gasteiger partial charge in [-0.25, -0.2) is 0 Å². The van der Waals surface area contributed by atoms with Crippen molar-refractivity contribution in [1.29, 1.82) is 0 Å². The number of hydrogen-bond donors (Lipinski definition) is 0. The molecule has 0 amide bonds. The summed E-state index contributed by atoms with van der Waals surface area (Å²) >= 11 is 0. The molecule has 0 spiro atoms. The van der Waals surface area contributed by atoms with Crippen LogP contribution in [0.2, 0.25) is 0 Å². The van der Waals surface area contributed by atoms with Gasteiger partial charge in [0.2, 0.25) is 5.78 Å². The van der Waals surface area contributed by atoms with Crippen molar-refractivity contribution in [2.24, 2.45) is 0 Å². The Balaban J connectivity index is 2.29. The third kappa shape index (κ3) is 2.61. The van der Waals surface area contributed by atoms with Gasteiger partial charge < -0.3 is 4.74 Å². The lowest BCUT2D eigenvalue weighted by Crippen LogP contribution is -2.33. The van der Waals surface area contributed by atoms with Crippen molar-refractivity contribution in [3.63, 3.8) is 0 Å². The number of benzene rings is 1. The zero-order chi connectivity index (χ0) is 12.5. The average Bonchev–Trinajstić information content (AvgIpc) is 2.26. The molecule has 1 aromatic carbocycles. The van der Waals surface area contributed by atoms with Gasteiger partial charge in [-0.3, -0.25) is 9.59 Å². The van der Waals surface area contributed by atoms with Gasteiger partial charge >= 0.3 is 0 Å². The number of carbonyl (C=O) groups excluding carboxylic acids is 2. The third-order valence-electron chi connectivity index (χ3n) is 2.54. The molecule has 3 nitrogen and oxygen atoms in total. The van der Waals surface area contributed by atoms with Crippen LogP contribution < -0.4 is 0 Å². The van der Waals surface area contributed by atoms with E-state index in [1.165, 1.54) is 6.08 Å². The van der Waals surface area contributed by atoms with Gasteiger partial charge in [-0.2, -0.15) is 0 Å². The summed E-state index contributed by atoms with van der Waals surface area (Å²) in [4.78, 5) is 23.6. The number of Topliss-reactive ketones (excluding diaryl/α,β-unsaturated/α-hetero) is 1. The van der Waals surface area contributed by atoms with Crippen molar-refractivity contribution in [2.75, 3.05) is 0 Å². The van der Waals surface area contributed by atoms with Gasteiger partial charge in [0, 0.05) is 18.1 Å². The van der Waals surface area contributed by atoms with Crippen LogP contribution in [0.25, 0.3) is 0 Å². The second kappa shape index (κ2) is 4.17. The Morgan fingerprint density at radius 2 is 1.88 bits per heavy atom. The molecule has 0 saturated heterocycles. The summed E-state index contributed by atoms with van der Waals surface area (Å²) in [5, 5.41) is 0. The summed E-state index contributed by atoms with van der Waals surface area (Å²) in [6.07, 6.45) is 1.60. The third-order valence-corrected chi connectivity index (χ3v) is 2.54. The maximum absolute atomic E-state index is 12.1. The predicted molar refractivity (Wildman–Crippen MR) is 63.6 cm³/mol. The van der Waals surface area contributed by atoms with E-state index in [0.29, 0.717) is 12.0 Å². The fourth-order valence-corrected chi connectivity index (χ4v) is 1.82. The first kappa shape index (κ1) is 11.6. The van der Waals surface area contributed by atoms with Crippen LogP contribution in [0.4, 0.5) is 0 Å². The zero-order valence-electron chi connectivity index (χ0n) is 9.90. The maximum atomic E-state index is 12.1.